The summed E-state index contributed by atoms with van der Waals surface area (Å²) in [5.41, 5.74) is 7.86. The van der Waals surface area contributed by atoms with Crippen LogP contribution in [0.1, 0.15) is 11.3 Å². The fourth-order valence-corrected chi connectivity index (χ4v) is 1.64. The normalized spacial score (nSPS) is 10.6. The smallest absolute Gasteiger partial charge is 0.126 e. The SMILES string of the molecule is Cc1c(F)cccc1-c1ccoc1CN. The van der Waals surface area contributed by atoms with Crippen LogP contribution in [0.5, 0.6) is 0 Å². The molecule has 0 saturated carbocycles. The van der Waals surface area contributed by atoms with Gasteiger partial charge in [-0.1, -0.05) is 12.1 Å². The summed E-state index contributed by atoms with van der Waals surface area (Å²) in [4.78, 5) is 0. The zero-order valence-electron chi connectivity index (χ0n) is 8.46. The second kappa shape index (κ2) is 3.87. The molecule has 1 aromatic heterocycles. The standard InChI is InChI=1S/C12H12FNO/c1-8-9(3-2-4-11(8)13)10-5-6-15-12(10)7-14/h2-6H,7,14H2,1H3. The molecule has 0 aliphatic carbocycles. The third-order valence-electron chi connectivity index (χ3n) is 2.49. The molecule has 0 spiro atoms. The third-order valence-corrected chi connectivity index (χ3v) is 2.49. The van der Waals surface area contributed by atoms with Gasteiger partial charge in [0.25, 0.3) is 0 Å². The summed E-state index contributed by atoms with van der Waals surface area (Å²) < 4.78 is 18.6. The van der Waals surface area contributed by atoms with E-state index in [1.807, 2.05) is 12.1 Å². The Morgan fingerprint density at radius 3 is 2.80 bits per heavy atom. The van der Waals surface area contributed by atoms with Crippen molar-refractivity contribution >= 4 is 0 Å². The van der Waals surface area contributed by atoms with Crippen molar-refractivity contribution in [1.29, 1.82) is 0 Å². The summed E-state index contributed by atoms with van der Waals surface area (Å²) in [7, 11) is 0. The molecule has 0 aliphatic rings. The Morgan fingerprint density at radius 2 is 2.07 bits per heavy atom. The highest BCUT2D eigenvalue weighted by Crippen LogP contribution is 2.28. The molecule has 0 amide bonds. The zero-order valence-corrected chi connectivity index (χ0v) is 8.46. The molecule has 2 N–H and O–H groups in total. The summed E-state index contributed by atoms with van der Waals surface area (Å²) in [6.07, 6.45) is 1.57. The fourth-order valence-electron chi connectivity index (χ4n) is 1.64. The summed E-state index contributed by atoms with van der Waals surface area (Å²) >= 11 is 0. The van der Waals surface area contributed by atoms with E-state index in [4.69, 9.17) is 10.2 Å². The maximum absolute atomic E-state index is 13.3. The first-order valence-electron chi connectivity index (χ1n) is 4.76. The number of hydrogen-bond donors (Lipinski definition) is 1. The molecular weight excluding hydrogens is 193 g/mol. The van der Waals surface area contributed by atoms with Crippen molar-refractivity contribution in [3.8, 4) is 11.1 Å². The van der Waals surface area contributed by atoms with E-state index in [0.29, 0.717) is 17.9 Å². The molecule has 0 aliphatic heterocycles. The van der Waals surface area contributed by atoms with Crippen molar-refractivity contribution in [2.45, 2.75) is 13.5 Å². The second-order valence-corrected chi connectivity index (χ2v) is 3.37. The van der Waals surface area contributed by atoms with Gasteiger partial charge in [0, 0.05) is 5.56 Å². The van der Waals surface area contributed by atoms with Gasteiger partial charge in [0.05, 0.1) is 12.8 Å². The Labute approximate surface area is 87.5 Å². The maximum Gasteiger partial charge on any atom is 0.126 e. The zero-order chi connectivity index (χ0) is 10.8. The minimum atomic E-state index is -0.211. The number of halogens is 1. The largest absolute Gasteiger partial charge is 0.467 e. The van der Waals surface area contributed by atoms with E-state index in [1.165, 1.54) is 6.07 Å². The monoisotopic (exact) mass is 205 g/mol. The summed E-state index contributed by atoms with van der Waals surface area (Å²) in [5.74, 6) is 0.473. The molecule has 2 aromatic rings. The van der Waals surface area contributed by atoms with Crippen LogP contribution in [0.4, 0.5) is 4.39 Å². The Bertz CT molecular complexity index is 476. The average Bonchev–Trinajstić information content (AvgIpc) is 2.70. The Morgan fingerprint density at radius 1 is 1.27 bits per heavy atom. The van der Waals surface area contributed by atoms with E-state index in [-0.39, 0.29) is 5.82 Å². The van der Waals surface area contributed by atoms with E-state index in [2.05, 4.69) is 0 Å². The van der Waals surface area contributed by atoms with Gasteiger partial charge in [0.1, 0.15) is 11.6 Å². The Kier molecular flexibility index (Phi) is 2.56. The van der Waals surface area contributed by atoms with Crippen LogP contribution in [0.2, 0.25) is 0 Å². The summed E-state index contributed by atoms with van der Waals surface area (Å²) in [6, 6.07) is 6.80. The van der Waals surface area contributed by atoms with Crippen molar-refractivity contribution in [2.24, 2.45) is 5.73 Å². The maximum atomic E-state index is 13.3. The van der Waals surface area contributed by atoms with Crippen LogP contribution in [0.25, 0.3) is 11.1 Å². The van der Waals surface area contributed by atoms with Gasteiger partial charge in [-0.05, 0) is 30.2 Å². The molecule has 0 unspecified atom stereocenters. The van der Waals surface area contributed by atoms with Crippen molar-refractivity contribution < 1.29 is 8.81 Å². The lowest BCUT2D eigenvalue weighted by Gasteiger charge is -2.05. The number of hydrogen-bond acceptors (Lipinski definition) is 2. The van der Waals surface area contributed by atoms with Gasteiger partial charge < -0.3 is 10.2 Å². The molecule has 2 rings (SSSR count). The lowest BCUT2D eigenvalue weighted by atomic mass is 10.0. The van der Waals surface area contributed by atoms with Gasteiger partial charge in [-0.25, -0.2) is 4.39 Å². The number of rotatable bonds is 2. The predicted octanol–water partition coefficient (Wildman–Crippen LogP) is 2.85. The Hall–Kier alpha value is -1.61. The summed E-state index contributed by atoms with van der Waals surface area (Å²) in [5, 5.41) is 0. The van der Waals surface area contributed by atoms with E-state index >= 15 is 0 Å². The van der Waals surface area contributed by atoms with Gasteiger partial charge in [-0.2, -0.15) is 0 Å². The molecule has 1 heterocycles. The van der Waals surface area contributed by atoms with E-state index in [0.717, 1.165) is 11.1 Å². The first kappa shape index (κ1) is 9.93. The van der Waals surface area contributed by atoms with Crippen LogP contribution >= 0.6 is 0 Å². The van der Waals surface area contributed by atoms with Crippen LogP contribution in [0.3, 0.4) is 0 Å². The van der Waals surface area contributed by atoms with Gasteiger partial charge in [-0.3, -0.25) is 0 Å². The molecule has 3 heteroatoms. The molecule has 0 saturated heterocycles. The second-order valence-electron chi connectivity index (χ2n) is 3.37. The van der Waals surface area contributed by atoms with Gasteiger partial charge in [0.15, 0.2) is 0 Å². The highest BCUT2D eigenvalue weighted by molar-refractivity contribution is 5.69. The van der Waals surface area contributed by atoms with Crippen molar-refractivity contribution in [3.05, 3.63) is 47.7 Å². The van der Waals surface area contributed by atoms with E-state index in [9.17, 15) is 4.39 Å². The van der Waals surface area contributed by atoms with Gasteiger partial charge in [-0.15, -0.1) is 0 Å². The quantitative estimate of drug-likeness (QED) is 0.818. The molecule has 0 bridgehead atoms. The van der Waals surface area contributed by atoms with Crippen LogP contribution in [0.15, 0.2) is 34.9 Å². The molecular formula is C12H12FNO. The van der Waals surface area contributed by atoms with Gasteiger partial charge in [0.2, 0.25) is 0 Å². The van der Waals surface area contributed by atoms with Crippen molar-refractivity contribution in [1.82, 2.24) is 0 Å². The lowest BCUT2D eigenvalue weighted by Crippen LogP contribution is -1.97. The minimum Gasteiger partial charge on any atom is -0.467 e. The van der Waals surface area contributed by atoms with Crippen molar-refractivity contribution in [2.75, 3.05) is 0 Å². The predicted molar refractivity (Wildman–Crippen MR) is 56.7 cm³/mol. The highest BCUT2D eigenvalue weighted by atomic mass is 19.1. The number of nitrogens with two attached hydrogens (primary N) is 1. The molecule has 15 heavy (non-hydrogen) atoms. The average molecular weight is 205 g/mol. The molecule has 78 valence electrons. The van der Waals surface area contributed by atoms with E-state index in [1.54, 1.807) is 19.3 Å². The minimum absolute atomic E-state index is 0.211. The van der Waals surface area contributed by atoms with Crippen LogP contribution in [-0.2, 0) is 6.54 Å². The Balaban J connectivity index is 2.59. The van der Waals surface area contributed by atoms with Gasteiger partial charge >= 0.3 is 0 Å². The van der Waals surface area contributed by atoms with Crippen LogP contribution < -0.4 is 5.73 Å². The molecule has 1 aromatic carbocycles. The van der Waals surface area contributed by atoms with E-state index < -0.39 is 0 Å². The number of benzene rings is 1. The fraction of sp³-hybridized carbons (Fsp3) is 0.167. The van der Waals surface area contributed by atoms with Crippen LogP contribution in [-0.4, -0.2) is 0 Å². The molecule has 2 nitrogen and oxygen atoms in total. The first-order chi connectivity index (χ1) is 7.24. The first-order valence-corrected chi connectivity index (χ1v) is 4.76. The molecule has 0 radical (unpaired) electrons. The van der Waals surface area contributed by atoms with Crippen LogP contribution in [0, 0.1) is 12.7 Å². The van der Waals surface area contributed by atoms with Crippen molar-refractivity contribution in [3.63, 3.8) is 0 Å². The number of furan rings is 1. The lowest BCUT2D eigenvalue weighted by molar-refractivity contribution is 0.513. The molecule has 0 fully saturated rings. The molecule has 0 atom stereocenters. The third kappa shape index (κ3) is 1.66. The topological polar surface area (TPSA) is 39.2 Å². The summed E-state index contributed by atoms with van der Waals surface area (Å²) in [6.45, 7) is 2.07. The highest BCUT2D eigenvalue weighted by Gasteiger charge is 2.11.